The van der Waals surface area contributed by atoms with E-state index in [1.807, 2.05) is 31.2 Å². The number of pyridine rings is 1. The Morgan fingerprint density at radius 1 is 1.26 bits per heavy atom. The number of aromatic nitrogens is 1. The van der Waals surface area contributed by atoms with Gasteiger partial charge in [0.05, 0.1) is 17.9 Å². The van der Waals surface area contributed by atoms with Gasteiger partial charge in [-0.1, -0.05) is 12.1 Å². The van der Waals surface area contributed by atoms with Gasteiger partial charge in [0.25, 0.3) is 0 Å². The maximum atomic E-state index is 10.7. The van der Waals surface area contributed by atoms with E-state index in [-0.39, 0.29) is 0 Å². The highest BCUT2D eigenvalue weighted by Gasteiger charge is 2.02. The topological polar surface area (TPSA) is 59.4 Å². The van der Waals surface area contributed by atoms with Crippen molar-refractivity contribution in [3.8, 4) is 5.75 Å². The first kappa shape index (κ1) is 13.1. The summed E-state index contributed by atoms with van der Waals surface area (Å²) in [6, 6.07) is 10.5. The lowest BCUT2D eigenvalue weighted by Gasteiger charge is -2.08. The average molecular weight is 257 g/mol. The van der Waals surface area contributed by atoms with Gasteiger partial charge < -0.3 is 9.84 Å². The van der Waals surface area contributed by atoms with Crippen LogP contribution < -0.4 is 4.74 Å². The average Bonchev–Trinajstić information content (AvgIpc) is 2.41. The second-order valence-corrected chi connectivity index (χ2v) is 4.19. The minimum Gasteiger partial charge on any atom is -0.491 e. The lowest BCUT2D eigenvalue weighted by molar-refractivity contribution is 0.0697. The third-order valence-electron chi connectivity index (χ3n) is 2.81. The maximum Gasteiger partial charge on any atom is 0.335 e. The molecule has 0 aliphatic carbocycles. The van der Waals surface area contributed by atoms with Crippen LogP contribution in [0.4, 0.5) is 0 Å². The molecule has 98 valence electrons. The Bertz CT molecular complexity index is 564. The van der Waals surface area contributed by atoms with Crippen molar-refractivity contribution in [2.24, 2.45) is 0 Å². The van der Waals surface area contributed by atoms with E-state index in [4.69, 9.17) is 9.84 Å². The fourth-order valence-electron chi connectivity index (χ4n) is 1.71. The Balaban J connectivity index is 1.89. The van der Waals surface area contributed by atoms with Gasteiger partial charge >= 0.3 is 5.97 Å². The minimum absolute atomic E-state index is 0.299. The fourth-order valence-corrected chi connectivity index (χ4v) is 1.71. The van der Waals surface area contributed by atoms with Crippen LogP contribution in [0.3, 0.4) is 0 Å². The summed E-state index contributed by atoms with van der Waals surface area (Å²) in [7, 11) is 0. The molecule has 0 atom stereocenters. The van der Waals surface area contributed by atoms with Crippen LogP contribution in [0.25, 0.3) is 0 Å². The Morgan fingerprint density at radius 3 is 2.63 bits per heavy atom. The second kappa shape index (κ2) is 6.00. The molecule has 2 rings (SSSR count). The van der Waals surface area contributed by atoms with E-state index in [9.17, 15) is 4.79 Å². The van der Waals surface area contributed by atoms with Gasteiger partial charge in [0.15, 0.2) is 0 Å². The van der Waals surface area contributed by atoms with Crippen LogP contribution in [0.2, 0.25) is 0 Å². The fraction of sp³-hybridized carbons (Fsp3) is 0.200. The smallest absolute Gasteiger partial charge is 0.335 e. The van der Waals surface area contributed by atoms with Gasteiger partial charge in [-0.2, -0.15) is 0 Å². The van der Waals surface area contributed by atoms with Crippen LogP contribution in [0.1, 0.15) is 21.6 Å². The molecule has 2 aromatic rings. The summed E-state index contributed by atoms with van der Waals surface area (Å²) in [4.78, 5) is 14.9. The molecule has 0 radical (unpaired) electrons. The van der Waals surface area contributed by atoms with Gasteiger partial charge in [-0.3, -0.25) is 4.98 Å². The highest BCUT2D eigenvalue weighted by atomic mass is 16.5. The van der Waals surface area contributed by atoms with Gasteiger partial charge in [-0.05, 0) is 36.8 Å². The number of benzene rings is 1. The van der Waals surface area contributed by atoms with Gasteiger partial charge in [0, 0.05) is 12.6 Å². The number of hydrogen-bond donors (Lipinski definition) is 1. The number of rotatable bonds is 5. The third-order valence-corrected chi connectivity index (χ3v) is 2.81. The molecule has 4 nitrogen and oxygen atoms in total. The molecule has 0 aliphatic rings. The Labute approximate surface area is 111 Å². The van der Waals surface area contributed by atoms with E-state index in [0.717, 1.165) is 23.4 Å². The minimum atomic E-state index is -0.909. The molecule has 0 bridgehead atoms. The van der Waals surface area contributed by atoms with Crippen LogP contribution in [0.15, 0.2) is 42.6 Å². The highest BCUT2D eigenvalue weighted by Crippen LogP contribution is 2.14. The summed E-state index contributed by atoms with van der Waals surface area (Å²) < 4.78 is 5.64. The number of aromatic carboxylic acids is 1. The molecule has 1 heterocycles. The third kappa shape index (κ3) is 3.55. The quantitative estimate of drug-likeness (QED) is 0.894. The van der Waals surface area contributed by atoms with Crippen molar-refractivity contribution in [2.75, 3.05) is 6.61 Å². The summed E-state index contributed by atoms with van der Waals surface area (Å²) in [5.74, 6) is -0.126. The number of carboxylic acid groups (broad SMARTS) is 1. The van der Waals surface area contributed by atoms with Crippen LogP contribution >= 0.6 is 0 Å². The number of nitrogens with zero attached hydrogens (tertiary/aromatic N) is 1. The Hall–Kier alpha value is -2.36. The van der Waals surface area contributed by atoms with Crippen molar-refractivity contribution in [3.05, 3.63) is 59.4 Å². The van der Waals surface area contributed by atoms with E-state index < -0.39 is 5.97 Å². The number of carbonyl (C=O) groups is 1. The monoisotopic (exact) mass is 257 g/mol. The van der Waals surface area contributed by atoms with E-state index in [1.165, 1.54) is 0 Å². The second-order valence-electron chi connectivity index (χ2n) is 4.19. The normalized spacial score (nSPS) is 10.2. The number of carboxylic acids is 1. The summed E-state index contributed by atoms with van der Waals surface area (Å²) in [6.45, 7) is 2.44. The molecule has 1 aromatic carbocycles. The predicted octanol–water partition coefficient (Wildman–Crippen LogP) is 2.71. The standard InChI is InChI=1S/C15H15NO3/c1-11-14(3-2-9-16-11)19-10-8-12-4-6-13(7-5-12)15(17)18/h2-7,9H,8,10H2,1H3,(H,17,18). The van der Waals surface area contributed by atoms with Crippen LogP contribution in [-0.2, 0) is 6.42 Å². The van der Waals surface area contributed by atoms with Gasteiger partial charge in [-0.15, -0.1) is 0 Å². The largest absolute Gasteiger partial charge is 0.491 e. The molecule has 1 aromatic heterocycles. The molecule has 4 heteroatoms. The number of ether oxygens (including phenoxy) is 1. The molecule has 0 fully saturated rings. The molecule has 0 saturated carbocycles. The molecular weight excluding hydrogens is 242 g/mol. The van der Waals surface area contributed by atoms with E-state index >= 15 is 0 Å². The van der Waals surface area contributed by atoms with Crippen molar-refractivity contribution in [3.63, 3.8) is 0 Å². The molecule has 0 spiro atoms. The van der Waals surface area contributed by atoms with Gasteiger partial charge in [-0.25, -0.2) is 4.79 Å². The van der Waals surface area contributed by atoms with Crippen LogP contribution in [0, 0.1) is 6.92 Å². The zero-order valence-electron chi connectivity index (χ0n) is 10.7. The lowest BCUT2D eigenvalue weighted by Crippen LogP contribution is -2.03. The number of aryl methyl sites for hydroxylation is 1. The first-order valence-corrected chi connectivity index (χ1v) is 6.03. The molecule has 1 N–H and O–H groups in total. The predicted molar refractivity (Wildman–Crippen MR) is 71.6 cm³/mol. The molecule has 0 unspecified atom stereocenters. The van der Waals surface area contributed by atoms with Gasteiger partial charge in [0.1, 0.15) is 5.75 Å². The molecule has 0 aliphatic heterocycles. The summed E-state index contributed by atoms with van der Waals surface area (Å²) >= 11 is 0. The molecule has 19 heavy (non-hydrogen) atoms. The van der Waals surface area contributed by atoms with E-state index in [1.54, 1.807) is 18.3 Å². The lowest BCUT2D eigenvalue weighted by atomic mass is 10.1. The molecular formula is C15H15NO3. The summed E-state index contributed by atoms with van der Waals surface area (Å²) in [5.41, 5.74) is 2.21. The zero-order chi connectivity index (χ0) is 13.7. The SMILES string of the molecule is Cc1ncccc1OCCc1ccc(C(=O)O)cc1. The van der Waals surface area contributed by atoms with Crippen molar-refractivity contribution in [1.29, 1.82) is 0 Å². The Morgan fingerprint density at radius 2 is 2.00 bits per heavy atom. The van der Waals surface area contributed by atoms with Crippen molar-refractivity contribution < 1.29 is 14.6 Å². The van der Waals surface area contributed by atoms with Crippen LogP contribution in [0.5, 0.6) is 5.75 Å². The van der Waals surface area contributed by atoms with Gasteiger partial charge in [0.2, 0.25) is 0 Å². The Kier molecular flexibility index (Phi) is 4.13. The summed E-state index contributed by atoms with van der Waals surface area (Å²) in [5, 5.41) is 8.80. The first-order chi connectivity index (χ1) is 9.16. The van der Waals surface area contributed by atoms with Crippen molar-refractivity contribution in [1.82, 2.24) is 4.98 Å². The van der Waals surface area contributed by atoms with E-state index in [2.05, 4.69) is 4.98 Å². The van der Waals surface area contributed by atoms with E-state index in [0.29, 0.717) is 12.2 Å². The summed E-state index contributed by atoms with van der Waals surface area (Å²) in [6.07, 6.45) is 2.46. The highest BCUT2D eigenvalue weighted by molar-refractivity contribution is 5.87. The van der Waals surface area contributed by atoms with Crippen molar-refractivity contribution in [2.45, 2.75) is 13.3 Å². The maximum absolute atomic E-state index is 10.7. The van der Waals surface area contributed by atoms with Crippen LogP contribution in [-0.4, -0.2) is 22.7 Å². The van der Waals surface area contributed by atoms with Crippen molar-refractivity contribution >= 4 is 5.97 Å². The zero-order valence-corrected chi connectivity index (χ0v) is 10.7. The molecule has 0 amide bonds. The molecule has 0 saturated heterocycles. The number of hydrogen-bond acceptors (Lipinski definition) is 3. The first-order valence-electron chi connectivity index (χ1n) is 6.03.